The molecule has 0 heterocycles. The Morgan fingerprint density at radius 2 is 2.00 bits per heavy atom. The molecular formula is C16H24FNO. The summed E-state index contributed by atoms with van der Waals surface area (Å²) >= 11 is 0. The highest BCUT2D eigenvalue weighted by Crippen LogP contribution is 2.37. The second-order valence-corrected chi connectivity index (χ2v) is 6.08. The summed E-state index contributed by atoms with van der Waals surface area (Å²) in [6, 6.07) is 7.46. The molecule has 1 aromatic rings. The standard InChI is InChI=1S/C16H24FNO/c1-11(2)7-14(19)10-18-13-8-12(9-13)15-5-3-4-6-16(15)17/h3-6,11-14,18-19H,7-10H2,1-2H3. The van der Waals surface area contributed by atoms with E-state index in [2.05, 4.69) is 19.2 Å². The van der Waals surface area contributed by atoms with E-state index in [9.17, 15) is 9.50 Å². The molecule has 0 radical (unpaired) electrons. The lowest BCUT2D eigenvalue weighted by Gasteiger charge is -2.37. The Hall–Kier alpha value is -0.930. The number of rotatable bonds is 6. The molecule has 106 valence electrons. The van der Waals surface area contributed by atoms with Crippen LogP contribution < -0.4 is 5.32 Å². The average Bonchev–Trinajstić information content (AvgIpc) is 2.28. The van der Waals surface area contributed by atoms with Crippen molar-refractivity contribution in [3.8, 4) is 0 Å². The molecule has 0 aromatic heterocycles. The van der Waals surface area contributed by atoms with Gasteiger partial charge in [-0.3, -0.25) is 0 Å². The lowest BCUT2D eigenvalue weighted by Crippen LogP contribution is -2.43. The van der Waals surface area contributed by atoms with Crippen molar-refractivity contribution >= 4 is 0 Å². The molecule has 1 saturated carbocycles. The minimum Gasteiger partial charge on any atom is -0.392 e. The van der Waals surface area contributed by atoms with E-state index in [1.807, 2.05) is 12.1 Å². The predicted molar refractivity (Wildman–Crippen MR) is 75.6 cm³/mol. The third-order valence-corrected chi connectivity index (χ3v) is 3.87. The SMILES string of the molecule is CC(C)CC(O)CNC1CC(c2ccccc2F)C1. The molecule has 19 heavy (non-hydrogen) atoms. The number of aliphatic hydroxyl groups is 1. The highest BCUT2D eigenvalue weighted by atomic mass is 19.1. The molecule has 1 unspecified atom stereocenters. The summed E-state index contributed by atoms with van der Waals surface area (Å²) in [7, 11) is 0. The van der Waals surface area contributed by atoms with Crippen molar-refractivity contribution in [1.82, 2.24) is 5.32 Å². The summed E-state index contributed by atoms with van der Waals surface area (Å²) in [5.74, 6) is 0.760. The molecular weight excluding hydrogens is 241 g/mol. The summed E-state index contributed by atoms with van der Waals surface area (Å²) in [4.78, 5) is 0. The Balaban J connectivity index is 1.71. The van der Waals surface area contributed by atoms with Gasteiger partial charge < -0.3 is 10.4 Å². The molecule has 1 aliphatic carbocycles. The molecule has 3 heteroatoms. The van der Waals surface area contributed by atoms with E-state index in [1.165, 1.54) is 6.07 Å². The zero-order valence-corrected chi connectivity index (χ0v) is 11.8. The van der Waals surface area contributed by atoms with Crippen LogP contribution in [0, 0.1) is 11.7 Å². The molecule has 0 amide bonds. The van der Waals surface area contributed by atoms with Crippen molar-refractivity contribution in [1.29, 1.82) is 0 Å². The van der Waals surface area contributed by atoms with Crippen molar-refractivity contribution in [3.05, 3.63) is 35.6 Å². The molecule has 1 aromatic carbocycles. The van der Waals surface area contributed by atoms with Crippen LogP contribution in [0.4, 0.5) is 4.39 Å². The van der Waals surface area contributed by atoms with Gasteiger partial charge in [0, 0.05) is 12.6 Å². The first kappa shape index (κ1) is 14.5. The van der Waals surface area contributed by atoms with Crippen LogP contribution in [0.15, 0.2) is 24.3 Å². The quantitative estimate of drug-likeness (QED) is 0.828. The van der Waals surface area contributed by atoms with E-state index in [1.54, 1.807) is 6.07 Å². The van der Waals surface area contributed by atoms with Gasteiger partial charge in [0.25, 0.3) is 0 Å². The summed E-state index contributed by atoms with van der Waals surface area (Å²) < 4.78 is 13.6. The van der Waals surface area contributed by atoms with Gasteiger partial charge in [-0.15, -0.1) is 0 Å². The van der Waals surface area contributed by atoms with Crippen LogP contribution >= 0.6 is 0 Å². The summed E-state index contributed by atoms with van der Waals surface area (Å²) in [6.07, 6.45) is 2.49. The van der Waals surface area contributed by atoms with Crippen LogP contribution in [-0.4, -0.2) is 23.8 Å². The van der Waals surface area contributed by atoms with Gasteiger partial charge in [0.1, 0.15) is 5.82 Å². The molecule has 1 atom stereocenters. The van der Waals surface area contributed by atoms with Gasteiger partial charge in [-0.05, 0) is 42.7 Å². The van der Waals surface area contributed by atoms with E-state index in [0.717, 1.165) is 24.8 Å². The smallest absolute Gasteiger partial charge is 0.126 e. The Kier molecular flexibility index (Phi) is 4.94. The highest BCUT2D eigenvalue weighted by molar-refractivity contribution is 5.24. The normalized spacial score (nSPS) is 24.3. The van der Waals surface area contributed by atoms with Crippen LogP contribution in [0.2, 0.25) is 0 Å². The summed E-state index contributed by atoms with van der Waals surface area (Å²) in [6.45, 7) is 4.87. The maximum Gasteiger partial charge on any atom is 0.126 e. The largest absolute Gasteiger partial charge is 0.392 e. The number of hydrogen-bond acceptors (Lipinski definition) is 2. The highest BCUT2D eigenvalue weighted by Gasteiger charge is 2.31. The van der Waals surface area contributed by atoms with Crippen LogP contribution in [0.5, 0.6) is 0 Å². The maximum atomic E-state index is 13.6. The van der Waals surface area contributed by atoms with E-state index < -0.39 is 0 Å². The van der Waals surface area contributed by atoms with Crippen LogP contribution in [0.1, 0.15) is 44.6 Å². The Labute approximate surface area is 115 Å². The van der Waals surface area contributed by atoms with E-state index in [4.69, 9.17) is 0 Å². The molecule has 0 bridgehead atoms. The van der Waals surface area contributed by atoms with E-state index in [0.29, 0.717) is 24.4 Å². The Morgan fingerprint density at radius 1 is 1.32 bits per heavy atom. The first-order valence-corrected chi connectivity index (χ1v) is 7.22. The van der Waals surface area contributed by atoms with Gasteiger partial charge in [0.15, 0.2) is 0 Å². The first-order chi connectivity index (χ1) is 9.06. The number of nitrogens with one attached hydrogen (secondary N) is 1. The predicted octanol–water partition coefficient (Wildman–Crippen LogP) is 3.07. The van der Waals surface area contributed by atoms with Crippen LogP contribution in [-0.2, 0) is 0 Å². The van der Waals surface area contributed by atoms with Gasteiger partial charge in [-0.1, -0.05) is 32.0 Å². The summed E-state index contributed by atoms with van der Waals surface area (Å²) in [5.41, 5.74) is 0.836. The van der Waals surface area contributed by atoms with Crippen molar-refractivity contribution in [2.75, 3.05) is 6.54 Å². The minimum atomic E-state index is -0.271. The third kappa shape index (κ3) is 4.02. The molecule has 2 N–H and O–H groups in total. The monoisotopic (exact) mass is 265 g/mol. The molecule has 1 aliphatic rings. The molecule has 0 aliphatic heterocycles. The average molecular weight is 265 g/mol. The van der Waals surface area contributed by atoms with Crippen molar-refractivity contribution in [2.24, 2.45) is 5.92 Å². The van der Waals surface area contributed by atoms with Gasteiger partial charge in [0.2, 0.25) is 0 Å². The lowest BCUT2D eigenvalue weighted by atomic mass is 9.75. The lowest BCUT2D eigenvalue weighted by molar-refractivity contribution is 0.133. The molecule has 0 saturated heterocycles. The Morgan fingerprint density at radius 3 is 2.63 bits per heavy atom. The van der Waals surface area contributed by atoms with Gasteiger partial charge in [-0.2, -0.15) is 0 Å². The van der Waals surface area contributed by atoms with Crippen LogP contribution in [0.3, 0.4) is 0 Å². The number of hydrogen-bond donors (Lipinski definition) is 2. The van der Waals surface area contributed by atoms with Gasteiger partial charge >= 0.3 is 0 Å². The van der Waals surface area contributed by atoms with Crippen LogP contribution in [0.25, 0.3) is 0 Å². The molecule has 1 fully saturated rings. The zero-order chi connectivity index (χ0) is 13.8. The maximum absolute atomic E-state index is 13.6. The molecule has 2 nitrogen and oxygen atoms in total. The fourth-order valence-electron chi connectivity index (χ4n) is 2.77. The molecule has 2 rings (SSSR count). The zero-order valence-electron chi connectivity index (χ0n) is 11.8. The fourth-order valence-corrected chi connectivity index (χ4v) is 2.77. The minimum absolute atomic E-state index is 0.0919. The fraction of sp³-hybridized carbons (Fsp3) is 0.625. The summed E-state index contributed by atoms with van der Waals surface area (Å²) in [5, 5.41) is 13.2. The number of aliphatic hydroxyl groups excluding tert-OH is 1. The molecule has 0 spiro atoms. The Bertz CT molecular complexity index is 401. The van der Waals surface area contributed by atoms with E-state index >= 15 is 0 Å². The number of benzene rings is 1. The second kappa shape index (κ2) is 6.49. The van der Waals surface area contributed by atoms with Crippen molar-refractivity contribution in [3.63, 3.8) is 0 Å². The van der Waals surface area contributed by atoms with Gasteiger partial charge in [0.05, 0.1) is 6.10 Å². The van der Waals surface area contributed by atoms with Crippen molar-refractivity contribution < 1.29 is 9.50 Å². The van der Waals surface area contributed by atoms with Gasteiger partial charge in [-0.25, -0.2) is 4.39 Å². The second-order valence-electron chi connectivity index (χ2n) is 6.08. The third-order valence-electron chi connectivity index (χ3n) is 3.87. The topological polar surface area (TPSA) is 32.3 Å². The van der Waals surface area contributed by atoms with E-state index in [-0.39, 0.29) is 11.9 Å². The number of halogens is 1. The van der Waals surface area contributed by atoms with Crippen molar-refractivity contribution in [2.45, 2.75) is 51.2 Å². The first-order valence-electron chi connectivity index (χ1n) is 7.22.